The van der Waals surface area contributed by atoms with E-state index in [2.05, 4.69) is 10.4 Å². The number of hydrogen-bond donors (Lipinski definition) is 1. The Morgan fingerprint density at radius 2 is 1.94 bits per heavy atom. The summed E-state index contributed by atoms with van der Waals surface area (Å²) in [6.07, 6.45) is 0.512. The fourth-order valence-electron chi connectivity index (χ4n) is 4.52. The van der Waals surface area contributed by atoms with Crippen molar-refractivity contribution in [3.8, 4) is 11.3 Å². The number of hydrogen-bond acceptors (Lipinski definition) is 5. The van der Waals surface area contributed by atoms with Crippen molar-refractivity contribution in [2.75, 3.05) is 33.0 Å². The average molecular weight is 479 g/mol. The Bertz CT molecular complexity index is 1020. The van der Waals surface area contributed by atoms with E-state index < -0.39 is 17.6 Å². The van der Waals surface area contributed by atoms with Gasteiger partial charge < -0.3 is 19.5 Å². The molecule has 3 aliphatic rings. The Morgan fingerprint density at radius 3 is 2.62 bits per heavy atom. The number of ether oxygens (including phenoxy) is 3. The molecule has 2 aromatic rings. The number of nitrogens with zero attached hydrogens (tertiary/aromatic N) is 2. The lowest BCUT2D eigenvalue weighted by Gasteiger charge is -2.22. The Kier molecular flexibility index (Phi) is 6.63. The van der Waals surface area contributed by atoms with Crippen molar-refractivity contribution in [3.05, 3.63) is 41.1 Å². The number of aromatic nitrogens is 2. The highest BCUT2D eigenvalue weighted by atomic mass is 19.4. The molecule has 0 radical (unpaired) electrons. The lowest BCUT2D eigenvalue weighted by Crippen LogP contribution is -2.32. The standard InChI is InChI=1S/C24H28F3N3O4/c25-24(26,27)21-10-16(23(31)28-11-17-2-1-7-33-17)5-6-19(21)22-20(15-3-4-15)13-30(29-22)12-18-14-32-8-9-34-18/h5-6,10,13,15,17-18H,1-4,7-9,11-12,14H2,(H,28,31)/t17-,18-/m0/s1. The number of nitrogens with one attached hydrogen (secondary N) is 1. The summed E-state index contributed by atoms with van der Waals surface area (Å²) in [4.78, 5) is 12.6. The predicted octanol–water partition coefficient (Wildman–Crippen LogP) is 3.77. The van der Waals surface area contributed by atoms with Gasteiger partial charge >= 0.3 is 6.18 Å². The van der Waals surface area contributed by atoms with E-state index in [0.717, 1.165) is 37.3 Å². The summed E-state index contributed by atoms with van der Waals surface area (Å²) in [5.74, 6) is -0.349. The minimum absolute atomic E-state index is 0.00959. The first-order chi connectivity index (χ1) is 16.4. The summed E-state index contributed by atoms with van der Waals surface area (Å²) >= 11 is 0. The maximum Gasteiger partial charge on any atom is 0.417 e. The summed E-state index contributed by atoms with van der Waals surface area (Å²) in [6.45, 7) is 2.79. The van der Waals surface area contributed by atoms with Crippen LogP contribution in [0.4, 0.5) is 13.2 Å². The van der Waals surface area contributed by atoms with E-state index in [-0.39, 0.29) is 35.8 Å². The fraction of sp³-hybridized carbons (Fsp3) is 0.583. The minimum Gasteiger partial charge on any atom is -0.376 e. The van der Waals surface area contributed by atoms with Crippen LogP contribution in [0.25, 0.3) is 11.3 Å². The van der Waals surface area contributed by atoms with E-state index in [1.165, 1.54) is 12.1 Å². The molecule has 0 unspecified atom stereocenters. The third kappa shape index (κ3) is 5.29. The number of benzene rings is 1. The predicted molar refractivity (Wildman–Crippen MR) is 117 cm³/mol. The second-order valence-electron chi connectivity index (χ2n) is 9.10. The molecule has 1 saturated carbocycles. The SMILES string of the molecule is O=C(NC[C@@H]1CCCO1)c1ccc(-c2nn(C[C@H]3COCCO3)cc2C2CC2)c(C(F)(F)F)c1. The minimum atomic E-state index is -4.63. The van der Waals surface area contributed by atoms with Crippen molar-refractivity contribution < 1.29 is 32.2 Å². The number of amides is 1. The molecule has 7 nitrogen and oxygen atoms in total. The van der Waals surface area contributed by atoms with Crippen LogP contribution < -0.4 is 5.32 Å². The first-order valence-electron chi connectivity index (χ1n) is 11.8. The second kappa shape index (κ2) is 9.67. The Balaban J connectivity index is 1.42. The van der Waals surface area contributed by atoms with Crippen molar-refractivity contribution >= 4 is 5.91 Å². The molecule has 1 amide bonds. The van der Waals surface area contributed by atoms with Gasteiger partial charge in [-0.25, -0.2) is 0 Å². The van der Waals surface area contributed by atoms with Crippen LogP contribution in [0.3, 0.4) is 0 Å². The first-order valence-corrected chi connectivity index (χ1v) is 11.8. The maximum absolute atomic E-state index is 14.1. The molecular weight excluding hydrogens is 451 g/mol. The Labute approximate surface area is 195 Å². The van der Waals surface area contributed by atoms with Gasteiger partial charge in [-0.3, -0.25) is 9.48 Å². The largest absolute Gasteiger partial charge is 0.417 e. The molecule has 0 bridgehead atoms. The first kappa shape index (κ1) is 23.3. The molecule has 184 valence electrons. The zero-order valence-corrected chi connectivity index (χ0v) is 18.8. The number of halogens is 3. The molecule has 3 fully saturated rings. The molecule has 0 spiro atoms. The van der Waals surface area contributed by atoms with Gasteiger partial charge in [0.25, 0.3) is 5.91 Å². The maximum atomic E-state index is 14.1. The quantitative estimate of drug-likeness (QED) is 0.655. The average Bonchev–Trinajstić information content (AvgIpc) is 3.37. The van der Waals surface area contributed by atoms with Gasteiger partial charge in [-0.05, 0) is 43.7 Å². The molecule has 1 N–H and O–H groups in total. The van der Waals surface area contributed by atoms with Crippen molar-refractivity contribution in [3.63, 3.8) is 0 Å². The van der Waals surface area contributed by atoms with E-state index in [0.29, 0.717) is 38.7 Å². The van der Waals surface area contributed by atoms with Crippen molar-refractivity contribution in [1.82, 2.24) is 15.1 Å². The highest BCUT2D eigenvalue weighted by Gasteiger charge is 2.38. The molecule has 1 aromatic carbocycles. The molecule has 1 aliphatic carbocycles. The number of carbonyl (C=O) groups excluding carboxylic acids is 1. The molecule has 2 aliphatic heterocycles. The van der Waals surface area contributed by atoms with E-state index in [1.54, 1.807) is 4.68 Å². The van der Waals surface area contributed by atoms with Crippen molar-refractivity contribution in [2.45, 2.75) is 56.5 Å². The lowest BCUT2D eigenvalue weighted by atomic mass is 9.97. The third-order valence-corrected chi connectivity index (χ3v) is 6.44. The van der Waals surface area contributed by atoms with Crippen LogP contribution in [0.5, 0.6) is 0 Å². The van der Waals surface area contributed by atoms with Crippen LogP contribution in [0, 0.1) is 0 Å². The molecule has 1 aromatic heterocycles. The van der Waals surface area contributed by atoms with E-state index >= 15 is 0 Å². The Hall–Kier alpha value is -2.43. The van der Waals surface area contributed by atoms with Crippen LogP contribution in [-0.2, 0) is 26.9 Å². The number of carbonyl (C=O) groups is 1. The van der Waals surface area contributed by atoms with Crippen LogP contribution in [0.1, 0.15) is 53.1 Å². The fourth-order valence-corrected chi connectivity index (χ4v) is 4.52. The Morgan fingerprint density at radius 1 is 1.12 bits per heavy atom. The highest BCUT2D eigenvalue weighted by Crippen LogP contribution is 2.46. The van der Waals surface area contributed by atoms with Crippen LogP contribution in [-0.4, -0.2) is 60.9 Å². The molecule has 5 rings (SSSR count). The van der Waals surface area contributed by atoms with E-state index in [4.69, 9.17) is 14.2 Å². The van der Waals surface area contributed by atoms with E-state index in [1.807, 2.05) is 6.20 Å². The van der Waals surface area contributed by atoms with Gasteiger partial charge in [0, 0.05) is 36.0 Å². The zero-order chi connectivity index (χ0) is 23.7. The lowest BCUT2D eigenvalue weighted by molar-refractivity contribution is -0.137. The third-order valence-electron chi connectivity index (χ3n) is 6.44. The van der Waals surface area contributed by atoms with Gasteiger partial charge in [-0.1, -0.05) is 6.07 Å². The van der Waals surface area contributed by atoms with Crippen LogP contribution >= 0.6 is 0 Å². The zero-order valence-electron chi connectivity index (χ0n) is 18.8. The van der Waals surface area contributed by atoms with E-state index in [9.17, 15) is 18.0 Å². The summed E-state index contributed by atoms with van der Waals surface area (Å²) < 4.78 is 60.6. The summed E-state index contributed by atoms with van der Waals surface area (Å²) in [5.41, 5.74) is 0.219. The smallest absolute Gasteiger partial charge is 0.376 e. The van der Waals surface area contributed by atoms with Gasteiger partial charge in [0.1, 0.15) is 6.10 Å². The highest BCUT2D eigenvalue weighted by molar-refractivity contribution is 5.95. The van der Waals surface area contributed by atoms with Crippen molar-refractivity contribution in [2.24, 2.45) is 0 Å². The molecule has 2 saturated heterocycles. The summed E-state index contributed by atoms with van der Waals surface area (Å²) in [6, 6.07) is 3.72. The van der Waals surface area contributed by atoms with Crippen LogP contribution in [0.2, 0.25) is 0 Å². The van der Waals surface area contributed by atoms with Gasteiger partial charge in [-0.15, -0.1) is 0 Å². The molecule has 10 heteroatoms. The molecular formula is C24H28F3N3O4. The number of rotatable bonds is 7. The van der Waals surface area contributed by atoms with Gasteiger partial charge in [-0.2, -0.15) is 18.3 Å². The normalized spacial score (nSPS) is 23.3. The van der Waals surface area contributed by atoms with Gasteiger partial charge in [0.2, 0.25) is 0 Å². The molecule has 3 heterocycles. The monoisotopic (exact) mass is 479 g/mol. The topological polar surface area (TPSA) is 74.6 Å². The molecule has 34 heavy (non-hydrogen) atoms. The second-order valence-corrected chi connectivity index (χ2v) is 9.10. The summed E-state index contributed by atoms with van der Waals surface area (Å²) in [5, 5.41) is 7.23. The van der Waals surface area contributed by atoms with Gasteiger partial charge in [0.05, 0.1) is 43.7 Å². The summed E-state index contributed by atoms with van der Waals surface area (Å²) in [7, 11) is 0. The molecule has 2 atom stereocenters. The van der Waals surface area contributed by atoms with Crippen molar-refractivity contribution in [1.29, 1.82) is 0 Å². The van der Waals surface area contributed by atoms with Gasteiger partial charge in [0.15, 0.2) is 0 Å². The van der Waals surface area contributed by atoms with Crippen LogP contribution in [0.15, 0.2) is 24.4 Å². The number of alkyl halides is 3.